The van der Waals surface area contributed by atoms with Crippen LogP contribution in [0.3, 0.4) is 0 Å². The molecule has 0 saturated carbocycles. The molecule has 0 radical (unpaired) electrons. The van der Waals surface area contributed by atoms with E-state index in [1.807, 2.05) is 0 Å². The zero-order valence-electron chi connectivity index (χ0n) is 23.0. The minimum Gasteiger partial charge on any atom is -0.350 e. The second-order valence-electron chi connectivity index (χ2n) is 10.9. The third kappa shape index (κ3) is 4.32. The highest BCUT2D eigenvalue weighted by atomic mass is 15.3. The molecule has 1 aliphatic heterocycles. The molecular formula is C39H29N3. The summed E-state index contributed by atoms with van der Waals surface area (Å²) in [6.45, 7) is 0. The largest absolute Gasteiger partial charge is 0.350 e. The molecule has 7 aromatic carbocycles. The quantitative estimate of drug-likeness (QED) is 0.173. The summed E-state index contributed by atoms with van der Waals surface area (Å²) < 4.78 is 0. The van der Waals surface area contributed by atoms with Gasteiger partial charge in [-0.25, -0.2) is 4.99 Å². The Labute approximate surface area is 245 Å². The molecular weight excluding hydrogens is 510 g/mol. The number of hydrogen-bond acceptors (Lipinski definition) is 3. The molecule has 7 aromatic rings. The van der Waals surface area contributed by atoms with Crippen LogP contribution in [0.4, 0.5) is 0 Å². The number of benzene rings is 7. The molecule has 3 heteroatoms. The molecule has 2 atom stereocenters. The highest BCUT2D eigenvalue weighted by Gasteiger charge is 2.27. The molecule has 0 amide bonds. The van der Waals surface area contributed by atoms with E-state index in [1.54, 1.807) is 0 Å². The Hall–Kier alpha value is -5.25. The number of nitrogens with one attached hydrogen (secondary N) is 2. The van der Waals surface area contributed by atoms with E-state index in [2.05, 4.69) is 162 Å². The van der Waals surface area contributed by atoms with Crippen LogP contribution in [0.25, 0.3) is 43.4 Å². The van der Waals surface area contributed by atoms with Crippen LogP contribution in [-0.2, 0) is 0 Å². The summed E-state index contributed by atoms with van der Waals surface area (Å²) in [6.07, 6.45) is -0.354. The average Bonchev–Trinajstić information content (AvgIpc) is 3.08. The first kappa shape index (κ1) is 24.5. The summed E-state index contributed by atoms with van der Waals surface area (Å²) in [5.41, 5.74) is 5.83. The number of fused-ring (bicyclic) bond motifs is 4. The van der Waals surface area contributed by atoms with Crippen molar-refractivity contribution in [1.82, 2.24) is 10.6 Å². The predicted octanol–water partition coefficient (Wildman–Crippen LogP) is 9.15. The Balaban J connectivity index is 1.38. The molecule has 2 unspecified atom stereocenters. The Kier molecular flexibility index (Phi) is 6.02. The van der Waals surface area contributed by atoms with Gasteiger partial charge in [-0.3, -0.25) is 5.32 Å². The maximum Gasteiger partial charge on any atom is 0.133 e. The highest BCUT2D eigenvalue weighted by molar-refractivity contribution is 6.26. The molecule has 200 valence electrons. The lowest BCUT2D eigenvalue weighted by Crippen LogP contribution is -2.45. The first-order chi connectivity index (χ1) is 20.8. The van der Waals surface area contributed by atoms with Crippen LogP contribution >= 0.6 is 0 Å². The number of nitrogens with zero attached hydrogens (tertiary/aromatic N) is 1. The lowest BCUT2D eigenvalue weighted by Gasteiger charge is -2.33. The summed E-state index contributed by atoms with van der Waals surface area (Å²) in [5.74, 6) is 0.899. The van der Waals surface area contributed by atoms with Gasteiger partial charge in [0, 0.05) is 10.9 Å². The van der Waals surface area contributed by atoms with Crippen LogP contribution in [0.5, 0.6) is 0 Å². The number of aliphatic imine (C=N–C) groups is 1. The van der Waals surface area contributed by atoms with Crippen LogP contribution in [0.1, 0.15) is 29.0 Å². The Morgan fingerprint density at radius 2 is 1.12 bits per heavy atom. The fourth-order valence-corrected chi connectivity index (χ4v) is 6.28. The topological polar surface area (TPSA) is 36.4 Å². The molecule has 0 saturated heterocycles. The summed E-state index contributed by atoms with van der Waals surface area (Å²) in [6, 6.07) is 53.9. The van der Waals surface area contributed by atoms with E-state index >= 15 is 0 Å². The maximum atomic E-state index is 5.43. The Morgan fingerprint density at radius 3 is 1.95 bits per heavy atom. The van der Waals surface area contributed by atoms with Crippen molar-refractivity contribution in [3.63, 3.8) is 0 Å². The second kappa shape index (κ2) is 10.3. The van der Waals surface area contributed by atoms with Gasteiger partial charge >= 0.3 is 0 Å². The van der Waals surface area contributed by atoms with Crippen LogP contribution in [0, 0.1) is 0 Å². The van der Waals surface area contributed by atoms with Crippen molar-refractivity contribution in [2.45, 2.75) is 12.3 Å². The van der Waals surface area contributed by atoms with Gasteiger partial charge in [-0.1, -0.05) is 140 Å². The maximum absolute atomic E-state index is 5.43. The fraction of sp³-hybridized carbons (Fsp3) is 0.0513. The van der Waals surface area contributed by atoms with Crippen LogP contribution < -0.4 is 10.6 Å². The minimum absolute atomic E-state index is 0.118. The molecule has 0 fully saturated rings. The molecule has 1 heterocycles. The molecule has 2 N–H and O–H groups in total. The predicted molar refractivity (Wildman–Crippen MR) is 176 cm³/mol. The third-order valence-corrected chi connectivity index (χ3v) is 8.30. The van der Waals surface area contributed by atoms with Gasteiger partial charge in [0.25, 0.3) is 0 Å². The zero-order chi connectivity index (χ0) is 27.9. The van der Waals surface area contributed by atoms with E-state index in [0.717, 1.165) is 17.0 Å². The Bertz CT molecular complexity index is 2100. The number of rotatable bonds is 4. The van der Waals surface area contributed by atoms with Gasteiger partial charge in [0.15, 0.2) is 0 Å². The van der Waals surface area contributed by atoms with Gasteiger partial charge in [-0.2, -0.15) is 0 Å². The molecule has 0 bridgehead atoms. The van der Waals surface area contributed by atoms with Gasteiger partial charge in [0.1, 0.15) is 18.2 Å². The Morgan fingerprint density at radius 1 is 0.476 bits per heavy atom. The van der Waals surface area contributed by atoms with Gasteiger partial charge in [-0.05, 0) is 61.3 Å². The van der Waals surface area contributed by atoms with E-state index in [4.69, 9.17) is 4.99 Å². The molecule has 0 spiro atoms. The average molecular weight is 540 g/mol. The van der Waals surface area contributed by atoms with Crippen molar-refractivity contribution in [2.75, 3.05) is 0 Å². The number of hydrogen-bond donors (Lipinski definition) is 2. The normalized spacial score (nSPS) is 16.8. The molecule has 1 aliphatic rings. The van der Waals surface area contributed by atoms with E-state index in [0.29, 0.717) is 0 Å². The first-order valence-electron chi connectivity index (χ1n) is 14.5. The third-order valence-electron chi connectivity index (χ3n) is 8.30. The summed E-state index contributed by atoms with van der Waals surface area (Å²) in [4.78, 5) is 5.43. The first-order valence-corrected chi connectivity index (χ1v) is 14.5. The van der Waals surface area contributed by atoms with Crippen LogP contribution in [0.15, 0.2) is 157 Å². The van der Waals surface area contributed by atoms with Crippen molar-refractivity contribution in [3.8, 4) is 11.1 Å². The molecule has 3 nitrogen and oxygen atoms in total. The van der Waals surface area contributed by atoms with E-state index in [1.165, 1.54) is 49.0 Å². The van der Waals surface area contributed by atoms with E-state index in [9.17, 15) is 0 Å². The lowest BCUT2D eigenvalue weighted by molar-refractivity contribution is 0.409. The minimum atomic E-state index is -0.237. The SMILES string of the molecule is c1ccc(-c2cccc(C3N=C(c4c5ccccc5cc5ccc6ccccc6c45)NC(c4ccccc4)N3)c2)cc1. The van der Waals surface area contributed by atoms with Crippen molar-refractivity contribution in [3.05, 3.63) is 168 Å². The van der Waals surface area contributed by atoms with Crippen molar-refractivity contribution in [1.29, 1.82) is 0 Å². The van der Waals surface area contributed by atoms with Gasteiger partial charge < -0.3 is 5.32 Å². The molecule has 0 aliphatic carbocycles. The summed E-state index contributed by atoms with van der Waals surface area (Å²) in [5, 5.41) is 14.9. The van der Waals surface area contributed by atoms with Gasteiger partial charge in [-0.15, -0.1) is 0 Å². The van der Waals surface area contributed by atoms with Gasteiger partial charge in [0.2, 0.25) is 0 Å². The zero-order valence-corrected chi connectivity index (χ0v) is 23.0. The summed E-state index contributed by atoms with van der Waals surface area (Å²) >= 11 is 0. The van der Waals surface area contributed by atoms with Crippen molar-refractivity contribution >= 4 is 38.2 Å². The van der Waals surface area contributed by atoms with E-state index in [-0.39, 0.29) is 12.3 Å². The van der Waals surface area contributed by atoms with Crippen LogP contribution in [-0.4, -0.2) is 5.84 Å². The standard InChI is InChI=1S/C39H29N3/c1-3-12-26(13-4-1)29-18-11-19-32(24-29)38-40-37(28-15-5-2-6-16-28)41-39(42-38)36-34-21-10-8-17-30(34)25-31-23-22-27-14-7-9-20-33(27)35(31)36/h1-25,37-38,40H,(H,41,42). The smallest absolute Gasteiger partial charge is 0.133 e. The molecule has 42 heavy (non-hydrogen) atoms. The lowest BCUT2D eigenvalue weighted by atomic mass is 9.91. The van der Waals surface area contributed by atoms with E-state index < -0.39 is 0 Å². The second-order valence-corrected chi connectivity index (χ2v) is 10.9. The molecule has 8 rings (SSSR count). The van der Waals surface area contributed by atoms with Gasteiger partial charge in [0.05, 0.1) is 0 Å². The highest BCUT2D eigenvalue weighted by Crippen LogP contribution is 2.36. The monoisotopic (exact) mass is 539 g/mol. The molecule has 0 aromatic heterocycles. The van der Waals surface area contributed by atoms with Crippen molar-refractivity contribution in [2.24, 2.45) is 4.99 Å². The van der Waals surface area contributed by atoms with Crippen molar-refractivity contribution < 1.29 is 0 Å². The van der Waals surface area contributed by atoms with Crippen LogP contribution in [0.2, 0.25) is 0 Å². The fourth-order valence-electron chi connectivity index (χ4n) is 6.28. The summed E-state index contributed by atoms with van der Waals surface area (Å²) in [7, 11) is 0. The number of amidine groups is 1.